The molecule has 5 heteroatoms. The van der Waals surface area contributed by atoms with E-state index in [1.54, 1.807) is 20.0 Å². The first-order chi connectivity index (χ1) is 8.04. The minimum Gasteiger partial charge on any atom is -0.381 e. The van der Waals surface area contributed by atoms with Gasteiger partial charge in [0.05, 0.1) is 12.8 Å². The van der Waals surface area contributed by atoms with Gasteiger partial charge in [0.2, 0.25) is 0 Å². The highest BCUT2D eigenvalue weighted by Gasteiger charge is 2.46. The summed E-state index contributed by atoms with van der Waals surface area (Å²) in [7, 11) is 3.59. The van der Waals surface area contributed by atoms with Crippen LogP contribution in [0.2, 0.25) is 0 Å². The highest BCUT2D eigenvalue weighted by atomic mass is 32.1. The van der Waals surface area contributed by atoms with E-state index in [-0.39, 0.29) is 9.81 Å². The standard InChI is InChI=1S/C12H19FN3S/c1-8-4-7-10(12(14-2)11(8)13)16(17,15-3)9-5-6-9/h4,7,9,14-15,17H,5-6H2,1-3H3/q+1. The fraction of sp³-hybridized carbons (Fsp3) is 0.500. The number of benzene rings is 1. The van der Waals surface area contributed by atoms with Gasteiger partial charge in [0.1, 0.15) is 11.7 Å². The molecule has 0 heterocycles. The molecule has 0 aliphatic heterocycles. The normalized spacial score (nSPS) is 18.9. The van der Waals surface area contributed by atoms with Gasteiger partial charge < -0.3 is 5.32 Å². The molecular formula is C12H19FN3S+. The lowest BCUT2D eigenvalue weighted by atomic mass is 10.1. The third-order valence-electron chi connectivity index (χ3n) is 3.35. The quantitative estimate of drug-likeness (QED) is 0.438. The van der Waals surface area contributed by atoms with Crippen LogP contribution in [0.5, 0.6) is 0 Å². The second kappa shape index (κ2) is 4.48. The molecule has 0 radical (unpaired) electrons. The maximum atomic E-state index is 14.1. The second-order valence-corrected chi connectivity index (χ2v) is 5.11. The number of thiol groups is 1. The molecule has 94 valence electrons. The molecule has 2 N–H and O–H groups in total. The van der Waals surface area contributed by atoms with Crippen LogP contribution in [0, 0.1) is 12.7 Å². The fourth-order valence-corrected chi connectivity index (χ4v) is 2.54. The fourth-order valence-electron chi connectivity index (χ4n) is 2.14. The number of hydrogen-bond acceptors (Lipinski definition) is 3. The van der Waals surface area contributed by atoms with Gasteiger partial charge in [0.15, 0.2) is 11.5 Å². The minimum atomic E-state index is -0.197. The van der Waals surface area contributed by atoms with Crippen molar-refractivity contribution < 1.29 is 4.39 Å². The molecule has 0 aromatic heterocycles. The largest absolute Gasteiger partial charge is 0.381 e. The maximum Gasteiger partial charge on any atom is 0.190 e. The molecule has 3 nitrogen and oxygen atoms in total. The Morgan fingerprint density at radius 2 is 2.00 bits per heavy atom. The van der Waals surface area contributed by atoms with Crippen LogP contribution in [0.15, 0.2) is 12.1 Å². The van der Waals surface area contributed by atoms with Crippen LogP contribution in [0.3, 0.4) is 0 Å². The molecule has 1 aliphatic carbocycles. The van der Waals surface area contributed by atoms with Crippen LogP contribution in [0.1, 0.15) is 18.4 Å². The van der Waals surface area contributed by atoms with E-state index in [2.05, 4.69) is 10.7 Å². The Hall–Kier alpha value is -0.780. The highest BCUT2D eigenvalue weighted by molar-refractivity contribution is 7.79. The molecule has 17 heavy (non-hydrogen) atoms. The van der Waals surface area contributed by atoms with Crippen molar-refractivity contribution in [2.45, 2.75) is 25.8 Å². The van der Waals surface area contributed by atoms with Crippen molar-refractivity contribution in [2.75, 3.05) is 19.4 Å². The van der Waals surface area contributed by atoms with Gasteiger partial charge in [-0.15, -0.1) is 0 Å². The summed E-state index contributed by atoms with van der Waals surface area (Å²) in [5.74, 6) is -0.197. The average Bonchev–Trinajstić information content (AvgIpc) is 3.15. The Morgan fingerprint density at radius 1 is 1.35 bits per heavy atom. The lowest BCUT2D eigenvalue weighted by Gasteiger charge is -2.31. The molecule has 1 unspecified atom stereocenters. The summed E-state index contributed by atoms with van der Waals surface area (Å²) in [5, 5.41) is 2.95. The molecule has 0 spiro atoms. The van der Waals surface area contributed by atoms with E-state index in [0.717, 1.165) is 18.5 Å². The number of aryl methyl sites for hydroxylation is 1. The monoisotopic (exact) mass is 256 g/mol. The van der Waals surface area contributed by atoms with Gasteiger partial charge in [-0.05, 0) is 12.5 Å². The molecule has 1 atom stereocenters. The van der Waals surface area contributed by atoms with Gasteiger partial charge in [-0.25, -0.2) is 4.39 Å². The third-order valence-corrected chi connectivity index (χ3v) is 4.09. The Morgan fingerprint density at radius 3 is 2.47 bits per heavy atom. The van der Waals surface area contributed by atoms with E-state index in [9.17, 15) is 4.39 Å². The lowest BCUT2D eigenvalue weighted by molar-refractivity contribution is 0.375. The van der Waals surface area contributed by atoms with Crippen molar-refractivity contribution in [1.29, 1.82) is 0 Å². The van der Waals surface area contributed by atoms with Gasteiger partial charge in [-0.1, -0.05) is 6.07 Å². The number of rotatable bonds is 4. The van der Waals surface area contributed by atoms with E-state index >= 15 is 0 Å². The SMILES string of the molecule is CNc1c([N+](S)(NC)C2CC2)ccc(C)c1F. The summed E-state index contributed by atoms with van der Waals surface area (Å²) in [5.41, 5.74) is 5.18. The van der Waals surface area contributed by atoms with Crippen LogP contribution >= 0.6 is 12.8 Å². The van der Waals surface area contributed by atoms with Crippen LogP contribution in [0.4, 0.5) is 15.8 Å². The highest BCUT2D eigenvalue weighted by Crippen LogP contribution is 2.43. The van der Waals surface area contributed by atoms with Crippen molar-refractivity contribution in [2.24, 2.45) is 0 Å². The van der Waals surface area contributed by atoms with Crippen molar-refractivity contribution in [3.8, 4) is 0 Å². The van der Waals surface area contributed by atoms with E-state index in [0.29, 0.717) is 17.3 Å². The number of quaternary nitrogens is 1. The molecule has 0 saturated heterocycles. The molecule has 1 aliphatic rings. The van der Waals surface area contributed by atoms with E-state index in [1.807, 2.05) is 13.1 Å². The zero-order chi connectivity index (χ0) is 12.6. The molecule has 0 bridgehead atoms. The second-order valence-electron chi connectivity index (χ2n) is 4.48. The Kier molecular flexibility index (Phi) is 3.34. The first-order valence-corrected chi connectivity index (χ1v) is 6.22. The zero-order valence-electron chi connectivity index (χ0n) is 10.4. The number of nitrogens with zero attached hydrogens (tertiary/aromatic N) is 1. The third kappa shape index (κ3) is 2.03. The average molecular weight is 256 g/mol. The molecule has 2 rings (SSSR count). The molecule has 1 aromatic rings. The summed E-state index contributed by atoms with van der Waals surface area (Å²) >= 11 is 4.69. The van der Waals surface area contributed by atoms with Crippen LogP contribution in [0.25, 0.3) is 0 Å². The number of halogens is 1. The summed E-state index contributed by atoms with van der Waals surface area (Å²) in [4.78, 5) is 0. The Labute approximate surface area is 107 Å². The van der Waals surface area contributed by atoms with Crippen LogP contribution in [-0.2, 0) is 0 Å². The topological polar surface area (TPSA) is 24.1 Å². The predicted octanol–water partition coefficient (Wildman–Crippen LogP) is 2.62. The summed E-state index contributed by atoms with van der Waals surface area (Å²) in [6, 6.07) is 4.15. The van der Waals surface area contributed by atoms with Crippen molar-refractivity contribution >= 4 is 24.2 Å². The van der Waals surface area contributed by atoms with Crippen LogP contribution < -0.4 is 14.7 Å². The van der Waals surface area contributed by atoms with E-state index < -0.39 is 0 Å². The first kappa shape index (κ1) is 12.7. The van der Waals surface area contributed by atoms with Gasteiger partial charge in [-0.3, -0.25) is 0 Å². The van der Waals surface area contributed by atoms with Gasteiger partial charge in [0.25, 0.3) is 0 Å². The van der Waals surface area contributed by atoms with Gasteiger partial charge >= 0.3 is 0 Å². The molecular weight excluding hydrogens is 237 g/mol. The first-order valence-electron chi connectivity index (χ1n) is 5.82. The zero-order valence-corrected chi connectivity index (χ0v) is 11.3. The predicted molar refractivity (Wildman–Crippen MR) is 73.5 cm³/mol. The van der Waals surface area contributed by atoms with Crippen molar-refractivity contribution in [3.63, 3.8) is 0 Å². The lowest BCUT2D eigenvalue weighted by Crippen LogP contribution is -2.52. The molecule has 1 aromatic carbocycles. The van der Waals surface area contributed by atoms with Crippen molar-refractivity contribution in [3.05, 3.63) is 23.5 Å². The van der Waals surface area contributed by atoms with Gasteiger partial charge in [-0.2, -0.15) is 9.42 Å². The van der Waals surface area contributed by atoms with E-state index in [4.69, 9.17) is 12.8 Å². The summed E-state index contributed by atoms with van der Waals surface area (Å²) in [6.07, 6.45) is 2.23. The summed E-state index contributed by atoms with van der Waals surface area (Å²) < 4.78 is 14.4. The van der Waals surface area contributed by atoms with Gasteiger partial charge in [0, 0.05) is 33.0 Å². The van der Waals surface area contributed by atoms with E-state index in [1.165, 1.54) is 0 Å². The Bertz CT molecular complexity index is 434. The molecule has 0 amide bonds. The maximum absolute atomic E-state index is 14.1. The Balaban J connectivity index is 2.54. The molecule has 1 fully saturated rings. The number of hydrogen-bond donors (Lipinski definition) is 3. The minimum absolute atomic E-state index is 0.197. The van der Waals surface area contributed by atoms with Crippen LogP contribution in [-0.4, -0.2) is 20.1 Å². The molecule has 1 saturated carbocycles. The summed E-state index contributed by atoms with van der Waals surface area (Å²) in [6.45, 7) is 1.77. The van der Waals surface area contributed by atoms with Crippen molar-refractivity contribution in [1.82, 2.24) is 9.42 Å². The number of nitrogens with one attached hydrogen (secondary N) is 2. The number of anilines is 1. The smallest absolute Gasteiger partial charge is 0.190 e.